The summed E-state index contributed by atoms with van der Waals surface area (Å²) in [5.74, 6) is 1.12. The Morgan fingerprint density at radius 2 is 2.38 bits per heavy atom. The van der Waals surface area contributed by atoms with E-state index < -0.39 is 6.10 Å². The van der Waals surface area contributed by atoms with Crippen LogP contribution in [0.5, 0.6) is 0 Å². The predicted molar refractivity (Wildman–Crippen MR) is 59.0 cm³/mol. The predicted octanol–water partition coefficient (Wildman–Crippen LogP) is 1.96. The molecule has 6 heteroatoms. The molecule has 86 valence electrons. The molecule has 0 aliphatic carbocycles. The molecule has 1 atom stereocenters. The van der Waals surface area contributed by atoms with Crippen molar-refractivity contribution in [3.63, 3.8) is 0 Å². The molecule has 0 bridgehead atoms. The van der Waals surface area contributed by atoms with Gasteiger partial charge in [0.2, 0.25) is 0 Å². The lowest BCUT2D eigenvalue weighted by Crippen LogP contribution is -2.16. The lowest BCUT2D eigenvalue weighted by molar-refractivity contribution is 0.145. The van der Waals surface area contributed by atoms with Crippen LogP contribution < -0.4 is 0 Å². The molecule has 0 fully saturated rings. The van der Waals surface area contributed by atoms with Gasteiger partial charge in [-0.3, -0.25) is 0 Å². The summed E-state index contributed by atoms with van der Waals surface area (Å²) in [5.41, 5.74) is 0. The number of halogens is 1. The number of hydrogen-bond acceptors (Lipinski definition) is 4. The number of nitrogens with zero attached hydrogens (tertiary/aromatic N) is 3. The smallest absolute Gasteiger partial charge is 0.194 e. The summed E-state index contributed by atoms with van der Waals surface area (Å²) in [6.07, 6.45) is 1.65. The van der Waals surface area contributed by atoms with E-state index in [2.05, 4.69) is 10.1 Å². The van der Waals surface area contributed by atoms with E-state index in [-0.39, 0.29) is 0 Å². The maximum absolute atomic E-state index is 9.56. The molecule has 1 N–H and O–H groups in total. The number of aliphatic hydroxyl groups is 1. The van der Waals surface area contributed by atoms with Crippen LogP contribution >= 0.6 is 11.6 Å². The monoisotopic (exact) mass is 241 g/mol. The van der Waals surface area contributed by atoms with Gasteiger partial charge in [-0.2, -0.15) is 5.10 Å². The summed E-state index contributed by atoms with van der Waals surface area (Å²) in [6, 6.07) is 3.37. The van der Waals surface area contributed by atoms with Gasteiger partial charge < -0.3 is 9.52 Å². The van der Waals surface area contributed by atoms with E-state index in [1.165, 1.54) is 6.33 Å². The SMILES string of the molecule is CC[C@H](O)Cn1ncnc1-c1ccc(Cl)o1. The van der Waals surface area contributed by atoms with Crippen molar-refractivity contribution in [3.8, 4) is 11.6 Å². The molecule has 0 saturated carbocycles. The van der Waals surface area contributed by atoms with Crippen molar-refractivity contribution < 1.29 is 9.52 Å². The Morgan fingerprint density at radius 3 is 3.00 bits per heavy atom. The topological polar surface area (TPSA) is 64.1 Å². The van der Waals surface area contributed by atoms with Gasteiger partial charge in [0, 0.05) is 0 Å². The Bertz CT molecular complexity index is 466. The van der Waals surface area contributed by atoms with E-state index in [0.29, 0.717) is 29.8 Å². The largest absolute Gasteiger partial charge is 0.441 e. The van der Waals surface area contributed by atoms with Crippen molar-refractivity contribution in [2.45, 2.75) is 26.0 Å². The van der Waals surface area contributed by atoms with Crippen LogP contribution in [0.25, 0.3) is 11.6 Å². The van der Waals surface area contributed by atoms with Crippen LogP contribution in [0.4, 0.5) is 0 Å². The Morgan fingerprint density at radius 1 is 1.56 bits per heavy atom. The molecule has 16 heavy (non-hydrogen) atoms. The van der Waals surface area contributed by atoms with Crippen LogP contribution in [0.1, 0.15) is 13.3 Å². The van der Waals surface area contributed by atoms with Crippen molar-refractivity contribution in [2.24, 2.45) is 0 Å². The first-order valence-electron chi connectivity index (χ1n) is 5.02. The second-order valence-corrected chi connectivity index (χ2v) is 3.80. The fourth-order valence-corrected chi connectivity index (χ4v) is 1.50. The Hall–Kier alpha value is -1.33. The minimum atomic E-state index is -0.439. The van der Waals surface area contributed by atoms with Gasteiger partial charge in [0.05, 0.1) is 12.6 Å². The fourth-order valence-electron chi connectivity index (χ4n) is 1.35. The molecule has 5 nitrogen and oxygen atoms in total. The van der Waals surface area contributed by atoms with E-state index >= 15 is 0 Å². The minimum absolute atomic E-state index is 0.306. The van der Waals surface area contributed by atoms with Gasteiger partial charge in [0.15, 0.2) is 16.8 Å². The standard InChI is InChI=1S/C10H12ClN3O2/c1-2-7(15)5-14-10(12-6-13-14)8-3-4-9(11)16-8/h3-4,6-7,15H,2,5H2,1H3/t7-/m0/s1. The number of furan rings is 1. The second-order valence-electron chi connectivity index (χ2n) is 3.43. The molecule has 0 aliphatic rings. The summed E-state index contributed by atoms with van der Waals surface area (Å²) in [7, 11) is 0. The molecule has 2 heterocycles. The molecule has 0 aliphatic heterocycles. The first kappa shape index (κ1) is 11.2. The number of rotatable bonds is 4. The Balaban J connectivity index is 2.25. The third kappa shape index (κ3) is 2.25. The zero-order valence-electron chi connectivity index (χ0n) is 8.80. The molecule has 2 rings (SSSR count). The van der Waals surface area contributed by atoms with E-state index in [0.717, 1.165) is 0 Å². The average Bonchev–Trinajstić information content (AvgIpc) is 2.86. The average molecular weight is 242 g/mol. The van der Waals surface area contributed by atoms with Crippen LogP contribution in [0, 0.1) is 0 Å². The van der Waals surface area contributed by atoms with E-state index in [4.69, 9.17) is 16.0 Å². The van der Waals surface area contributed by atoms with Crippen molar-refractivity contribution in [2.75, 3.05) is 0 Å². The van der Waals surface area contributed by atoms with Gasteiger partial charge >= 0.3 is 0 Å². The first-order valence-corrected chi connectivity index (χ1v) is 5.40. The van der Waals surface area contributed by atoms with Crippen molar-refractivity contribution in [1.82, 2.24) is 14.8 Å². The Kier molecular flexibility index (Phi) is 3.26. The minimum Gasteiger partial charge on any atom is -0.441 e. The molecule has 2 aromatic heterocycles. The third-order valence-electron chi connectivity index (χ3n) is 2.26. The Labute approximate surface area is 97.7 Å². The zero-order valence-corrected chi connectivity index (χ0v) is 9.55. The molecule has 0 spiro atoms. The summed E-state index contributed by atoms with van der Waals surface area (Å²) in [6.45, 7) is 2.30. The summed E-state index contributed by atoms with van der Waals surface area (Å²) in [5, 5.41) is 13.9. The normalized spacial score (nSPS) is 12.9. The molecule has 0 saturated heterocycles. The van der Waals surface area contributed by atoms with Crippen LogP contribution in [0.15, 0.2) is 22.9 Å². The molecule has 0 unspecified atom stereocenters. The van der Waals surface area contributed by atoms with E-state index in [1.807, 2.05) is 6.92 Å². The maximum Gasteiger partial charge on any atom is 0.194 e. The molecular weight excluding hydrogens is 230 g/mol. The molecular formula is C10H12ClN3O2. The molecule has 0 radical (unpaired) electrons. The molecule has 2 aromatic rings. The van der Waals surface area contributed by atoms with Gasteiger partial charge in [0.25, 0.3) is 0 Å². The molecule has 0 amide bonds. The highest BCUT2D eigenvalue weighted by Crippen LogP contribution is 2.22. The lowest BCUT2D eigenvalue weighted by Gasteiger charge is -2.08. The van der Waals surface area contributed by atoms with Crippen LogP contribution in [0.3, 0.4) is 0 Å². The van der Waals surface area contributed by atoms with Gasteiger partial charge in [-0.1, -0.05) is 6.92 Å². The summed E-state index contributed by atoms with van der Waals surface area (Å²) < 4.78 is 6.84. The van der Waals surface area contributed by atoms with Crippen molar-refractivity contribution in [3.05, 3.63) is 23.7 Å². The zero-order chi connectivity index (χ0) is 11.5. The van der Waals surface area contributed by atoms with Crippen LogP contribution in [-0.2, 0) is 6.54 Å². The van der Waals surface area contributed by atoms with E-state index in [1.54, 1.807) is 16.8 Å². The van der Waals surface area contributed by atoms with Gasteiger partial charge in [-0.05, 0) is 30.2 Å². The highest BCUT2D eigenvalue weighted by atomic mass is 35.5. The van der Waals surface area contributed by atoms with Crippen LogP contribution in [-0.4, -0.2) is 26.0 Å². The van der Waals surface area contributed by atoms with Gasteiger partial charge in [-0.25, -0.2) is 9.67 Å². The second kappa shape index (κ2) is 4.67. The van der Waals surface area contributed by atoms with Gasteiger partial charge in [0.1, 0.15) is 6.33 Å². The number of aliphatic hydroxyl groups excluding tert-OH is 1. The fraction of sp³-hybridized carbons (Fsp3) is 0.400. The lowest BCUT2D eigenvalue weighted by atomic mass is 10.3. The highest BCUT2D eigenvalue weighted by Gasteiger charge is 2.13. The summed E-state index contributed by atoms with van der Waals surface area (Å²) in [4.78, 5) is 4.08. The number of aromatic nitrogens is 3. The number of hydrogen-bond donors (Lipinski definition) is 1. The molecule has 0 aromatic carbocycles. The van der Waals surface area contributed by atoms with Gasteiger partial charge in [-0.15, -0.1) is 0 Å². The third-order valence-corrected chi connectivity index (χ3v) is 2.47. The maximum atomic E-state index is 9.56. The van der Waals surface area contributed by atoms with Crippen LogP contribution in [0.2, 0.25) is 5.22 Å². The van der Waals surface area contributed by atoms with E-state index in [9.17, 15) is 5.11 Å². The van der Waals surface area contributed by atoms with Crippen molar-refractivity contribution in [1.29, 1.82) is 0 Å². The van der Waals surface area contributed by atoms with Crippen molar-refractivity contribution >= 4 is 11.6 Å². The summed E-state index contributed by atoms with van der Waals surface area (Å²) >= 11 is 5.69. The quantitative estimate of drug-likeness (QED) is 0.889. The first-order chi connectivity index (χ1) is 7.70. The highest BCUT2D eigenvalue weighted by molar-refractivity contribution is 6.28.